The van der Waals surface area contributed by atoms with E-state index in [9.17, 15) is 24.0 Å². The van der Waals surface area contributed by atoms with Gasteiger partial charge < -0.3 is 29.4 Å². The summed E-state index contributed by atoms with van der Waals surface area (Å²) in [6.45, 7) is -0.558. The van der Waals surface area contributed by atoms with Gasteiger partial charge in [0.25, 0.3) is 0 Å². The molecule has 0 fully saturated rings. The summed E-state index contributed by atoms with van der Waals surface area (Å²) < 4.78 is 23.4. The zero-order chi connectivity index (χ0) is 21.4. The third-order valence-corrected chi connectivity index (χ3v) is 2.82. The molecule has 0 aliphatic heterocycles. The maximum absolute atomic E-state index is 11.7. The lowest BCUT2D eigenvalue weighted by molar-refractivity contribution is -0.162. The maximum Gasteiger partial charge on any atom is 0.331 e. The Bertz CT molecular complexity index is 611. The second-order valence-electron chi connectivity index (χ2n) is 4.98. The van der Waals surface area contributed by atoms with Crippen molar-refractivity contribution in [3.63, 3.8) is 0 Å². The van der Waals surface area contributed by atoms with Gasteiger partial charge in [-0.15, -0.1) is 0 Å². The lowest BCUT2D eigenvalue weighted by Crippen LogP contribution is -2.30. The van der Waals surface area contributed by atoms with Crippen molar-refractivity contribution in [2.24, 2.45) is 5.73 Å². The number of hydrogen-bond donors (Lipinski definition) is 1. The first kappa shape index (κ1) is 24.8. The normalized spacial score (nSPS) is 11.7. The molecule has 1 unspecified atom stereocenters. The lowest BCUT2D eigenvalue weighted by Gasteiger charge is -2.16. The molecule has 156 valence electrons. The van der Waals surface area contributed by atoms with E-state index in [1.807, 2.05) is 0 Å². The smallest absolute Gasteiger partial charge is 0.331 e. The van der Waals surface area contributed by atoms with Gasteiger partial charge >= 0.3 is 29.8 Å². The Kier molecular flexibility index (Phi) is 13.2. The highest BCUT2D eigenvalue weighted by molar-refractivity contribution is 5.92. The predicted octanol–water partition coefficient (Wildman–Crippen LogP) is -0.818. The average molecular weight is 401 g/mol. The number of carbonyl (C=O) groups is 5. The Morgan fingerprint density at radius 3 is 1.82 bits per heavy atom. The van der Waals surface area contributed by atoms with Crippen molar-refractivity contribution in [2.45, 2.75) is 18.9 Å². The molecule has 0 spiro atoms. The SMILES string of the molecule is COC(=O)/C=C/C(=O)OCC(COC(=O)CCCN)OC(=O)/C=C/C(=O)OC. The van der Waals surface area contributed by atoms with Gasteiger partial charge in [-0.25, -0.2) is 19.2 Å². The molecule has 0 aromatic carbocycles. The van der Waals surface area contributed by atoms with Crippen molar-refractivity contribution in [1.82, 2.24) is 0 Å². The second kappa shape index (κ2) is 14.9. The highest BCUT2D eigenvalue weighted by Crippen LogP contribution is 2.01. The van der Waals surface area contributed by atoms with Gasteiger partial charge in [0.15, 0.2) is 6.10 Å². The molecule has 0 aromatic heterocycles. The highest BCUT2D eigenvalue weighted by atomic mass is 16.6. The topological polar surface area (TPSA) is 158 Å². The van der Waals surface area contributed by atoms with Crippen LogP contribution in [0, 0.1) is 0 Å². The van der Waals surface area contributed by atoms with Gasteiger partial charge in [0.05, 0.1) is 14.2 Å². The highest BCUT2D eigenvalue weighted by Gasteiger charge is 2.18. The number of esters is 5. The van der Waals surface area contributed by atoms with Crippen LogP contribution in [0.3, 0.4) is 0 Å². The Balaban J connectivity index is 4.75. The van der Waals surface area contributed by atoms with Crippen molar-refractivity contribution < 1.29 is 47.7 Å². The van der Waals surface area contributed by atoms with E-state index in [0.717, 1.165) is 38.5 Å². The molecule has 28 heavy (non-hydrogen) atoms. The molecular formula is C17H23NO10. The lowest BCUT2D eigenvalue weighted by atomic mass is 10.3. The molecule has 11 nitrogen and oxygen atoms in total. The monoisotopic (exact) mass is 401 g/mol. The molecule has 0 saturated heterocycles. The summed E-state index contributed by atoms with van der Waals surface area (Å²) in [5.74, 6) is -3.98. The van der Waals surface area contributed by atoms with E-state index in [4.69, 9.17) is 19.9 Å². The molecule has 2 N–H and O–H groups in total. The fourth-order valence-corrected chi connectivity index (χ4v) is 1.46. The van der Waals surface area contributed by atoms with Crippen molar-refractivity contribution >= 4 is 29.8 Å². The fraction of sp³-hybridized carbons (Fsp3) is 0.471. The molecule has 11 heteroatoms. The molecule has 0 aliphatic carbocycles. The zero-order valence-corrected chi connectivity index (χ0v) is 15.6. The van der Waals surface area contributed by atoms with Crippen molar-refractivity contribution in [3.8, 4) is 0 Å². The standard InChI is InChI=1S/C17H23NO10/c1-24-13(19)5-7-16(22)27-11-12(10-26-15(21)4-3-9-18)28-17(23)8-6-14(20)25-2/h5-8,12H,3-4,9-11,18H2,1-2H3/b7-5+,8-6+. The summed E-state index contributed by atoms with van der Waals surface area (Å²) in [7, 11) is 2.26. The first-order valence-corrected chi connectivity index (χ1v) is 8.07. The summed E-state index contributed by atoms with van der Waals surface area (Å²) in [4.78, 5) is 56.7. The molecule has 0 radical (unpaired) electrons. The third-order valence-electron chi connectivity index (χ3n) is 2.82. The summed E-state index contributed by atoms with van der Waals surface area (Å²) in [5.41, 5.74) is 5.29. The predicted molar refractivity (Wildman–Crippen MR) is 92.4 cm³/mol. The molecule has 0 aromatic rings. The minimum absolute atomic E-state index is 0.0705. The summed E-state index contributed by atoms with van der Waals surface area (Å²) >= 11 is 0. The number of ether oxygens (including phenoxy) is 5. The van der Waals surface area contributed by atoms with E-state index >= 15 is 0 Å². The Hall–Kier alpha value is -3.21. The van der Waals surface area contributed by atoms with E-state index in [1.165, 1.54) is 0 Å². The van der Waals surface area contributed by atoms with Gasteiger partial charge in [-0.2, -0.15) is 0 Å². The van der Waals surface area contributed by atoms with Gasteiger partial charge in [-0.3, -0.25) is 4.79 Å². The molecule has 0 heterocycles. The third kappa shape index (κ3) is 13.1. The van der Waals surface area contributed by atoms with Crippen LogP contribution < -0.4 is 5.73 Å². The Labute approximate surface area is 161 Å². The zero-order valence-electron chi connectivity index (χ0n) is 15.6. The van der Waals surface area contributed by atoms with E-state index < -0.39 is 49.2 Å². The van der Waals surface area contributed by atoms with E-state index in [2.05, 4.69) is 9.47 Å². The van der Waals surface area contributed by atoms with Crippen LogP contribution in [0.4, 0.5) is 0 Å². The molecule has 0 aliphatic rings. The van der Waals surface area contributed by atoms with Gasteiger partial charge in [-0.05, 0) is 13.0 Å². The van der Waals surface area contributed by atoms with Gasteiger partial charge in [-0.1, -0.05) is 0 Å². The van der Waals surface area contributed by atoms with E-state index in [0.29, 0.717) is 13.0 Å². The summed E-state index contributed by atoms with van der Waals surface area (Å²) in [6.07, 6.45) is 2.63. The van der Waals surface area contributed by atoms with Crippen molar-refractivity contribution in [3.05, 3.63) is 24.3 Å². The maximum atomic E-state index is 11.7. The molecule has 0 saturated carbocycles. The molecule has 0 amide bonds. The quantitative estimate of drug-likeness (QED) is 0.247. The number of hydrogen-bond acceptors (Lipinski definition) is 11. The van der Waals surface area contributed by atoms with Crippen molar-refractivity contribution in [1.29, 1.82) is 0 Å². The van der Waals surface area contributed by atoms with Crippen LogP contribution in [-0.2, 0) is 47.7 Å². The second-order valence-corrected chi connectivity index (χ2v) is 4.98. The van der Waals surface area contributed by atoms with Crippen LogP contribution in [0.1, 0.15) is 12.8 Å². The van der Waals surface area contributed by atoms with Crippen LogP contribution in [-0.4, -0.2) is 69.9 Å². The van der Waals surface area contributed by atoms with E-state index in [1.54, 1.807) is 0 Å². The minimum atomic E-state index is -1.15. The molecule has 0 bridgehead atoms. The Morgan fingerprint density at radius 2 is 1.29 bits per heavy atom. The largest absolute Gasteiger partial charge is 0.466 e. The number of nitrogens with two attached hydrogens (primary N) is 1. The fourth-order valence-electron chi connectivity index (χ4n) is 1.46. The van der Waals surface area contributed by atoms with Gasteiger partial charge in [0.2, 0.25) is 0 Å². The minimum Gasteiger partial charge on any atom is -0.466 e. The molecule has 1 atom stereocenters. The molecular weight excluding hydrogens is 378 g/mol. The van der Waals surface area contributed by atoms with Crippen LogP contribution in [0.15, 0.2) is 24.3 Å². The van der Waals surface area contributed by atoms with Crippen LogP contribution in [0.25, 0.3) is 0 Å². The van der Waals surface area contributed by atoms with Crippen LogP contribution in [0.2, 0.25) is 0 Å². The number of methoxy groups -OCH3 is 2. The van der Waals surface area contributed by atoms with Gasteiger partial charge in [0, 0.05) is 30.7 Å². The van der Waals surface area contributed by atoms with Crippen LogP contribution in [0.5, 0.6) is 0 Å². The van der Waals surface area contributed by atoms with Crippen molar-refractivity contribution in [2.75, 3.05) is 34.0 Å². The first-order valence-electron chi connectivity index (χ1n) is 8.07. The van der Waals surface area contributed by atoms with Crippen LogP contribution >= 0.6 is 0 Å². The average Bonchev–Trinajstić information content (AvgIpc) is 2.70. The number of carbonyl (C=O) groups excluding carboxylic acids is 5. The van der Waals surface area contributed by atoms with E-state index in [-0.39, 0.29) is 6.42 Å². The first-order chi connectivity index (χ1) is 13.3. The summed E-state index contributed by atoms with van der Waals surface area (Å²) in [5, 5.41) is 0. The Morgan fingerprint density at radius 1 is 0.786 bits per heavy atom. The molecule has 0 rings (SSSR count). The van der Waals surface area contributed by atoms with Gasteiger partial charge in [0.1, 0.15) is 13.2 Å². The number of rotatable bonds is 12. The summed E-state index contributed by atoms with van der Waals surface area (Å²) in [6, 6.07) is 0.